The first-order valence-corrected chi connectivity index (χ1v) is 10.8. The lowest BCUT2D eigenvalue weighted by molar-refractivity contribution is 0.0761. The van der Waals surface area contributed by atoms with Crippen LogP contribution in [-0.2, 0) is 13.1 Å². The zero-order valence-electron chi connectivity index (χ0n) is 18.0. The van der Waals surface area contributed by atoms with Gasteiger partial charge in [-0.25, -0.2) is 0 Å². The minimum absolute atomic E-state index is 0.0813. The van der Waals surface area contributed by atoms with Crippen molar-refractivity contribution in [3.05, 3.63) is 79.9 Å². The average molecular weight is 431 g/mol. The van der Waals surface area contributed by atoms with E-state index in [9.17, 15) is 14.4 Å². The maximum Gasteiger partial charge on any atom is 0.316 e. The van der Waals surface area contributed by atoms with Crippen LogP contribution in [0, 0.1) is 11.3 Å². The molecule has 164 valence electrons. The first-order chi connectivity index (χ1) is 15.5. The van der Waals surface area contributed by atoms with Crippen molar-refractivity contribution < 1.29 is 4.79 Å². The molecule has 1 aromatic heterocycles. The van der Waals surface area contributed by atoms with E-state index in [0.717, 1.165) is 31.6 Å². The maximum atomic E-state index is 13.2. The van der Waals surface area contributed by atoms with Crippen molar-refractivity contribution in [3.63, 3.8) is 0 Å². The standard InChI is InChI=1S/C24H25N5O3/c1-2-29-21-9-8-19(14-20(21)26-22(30)24(29)32)23(31)28-11-3-10-27(12-13-28)16-18-6-4-17(15-25)5-7-18/h4-9,14H,2-3,10-13,16H2,1H3,(H,26,30). The number of aromatic nitrogens is 2. The molecule has 0 bridgehead atoms. The Balaban J connectivity index is 1.48. The highest BCUT2D eigenvalue weighted by Crippen LogP contribution is 2.16. The Morgan fingerprint density at radius 1 is 1.06 bits per heavy atom. The summed E-state index contributed by atoms with van der Waals surface area (Å²) in [4.78, 5) is 43.9. The molecule has 32 heavy (non-hydrogen) atoms. The number of fused-ring (bicyclic) bond motifs is 1. The van der Waals surface area contributed by atoms with Gasteiger partial charge in [0, 0.05) is 44.8 Å². The second kappa shape index (κ2) is 9.20. The van der Waals surface area contributed by atoms with Crippen molar-refractivity contribution in [2.45, 2.75) is 26.4 Å². The van der Waals surface area contributed by atoms with Gasteiger partial charge in [-0.05, 0) is 49.2 Å². The largest absolute Gasteiger partial charge is 0.337 e. The number of H-pyrrole nitrogens is 1. The van der Waals surface area contributed by atoms with Gasteiger partial charge in [0.1, 0.15) is 0 Å². The van der Waals surface area contributed by atoms with Crippen LogP contribution in [0.1, 0.15) is 34.8 Å². The van der Waals surface area contributed by atoms with E-state index in [1.807, 2.05) is 29.2 Å². The minimum atomic E-state index is -0.683. The number of hydrogen-bond donors (Lipinski definition) is 1. The maximum absolute atomic E-state index is 13.2. The van der Waals surface area contributed by atoms with Gasteiger partial charge in [0.25, 0.3) is 5.91 Å². The second-order valence-corrected chi connectivity index (χ2v) is 7.97. The van der Waals surface area contributed by atoms with Gasteiger partial charge >= 0.3 is 11.1 Å². The summed E-state index contributed by atoms with van der Waals surface area (Å²) < 4.78 is 1.41. The van der Waals surface area contributed by atoms with Crippen LogP contribution < -0.4 is 11.1 Å². The average Bonchev–Trinajstić information content (AvgIpc) is 3.05. The lowest BCUT2D eigenvalue weighted by atomic mass is 10.1. The zero-order chi connectivity index (χ0) is 22.7. The normalized spacial score (nSPS) is 14.8. The Hall–Kier alpha value is -3.70. The van der Waals surface area contributed by atoms with Crippen molar-refractivity contribution in [2.75, 3.05) is 26.2 Å². The molecule has 0 spiro atoms. The lowest BCUT2D eigenvalue weighted by Gasteiger charge is -2.22. The molecular weight excluding hydrogens is 406 g/mol. The number of aryl methyl sites for hydroxylation is 1. The van der Waals surface area contributed by atoms with Crippen LogP contribution in [0.15, 0.2) is 52.1 Å². The van der Waals surface area contributed by atoms with Gasteiger partial charge in [-0.3, -0.25) is 19.3 Å². The van der Waals surface area contributed by atoms with E-state index in [1.54, 1.807) is 25.1 Å². The van der Waals surface area contributed by atoms with Crippen LogP contribution in [0.2, 0.25) is 0 Å². The summed E-state index contributed by atoms with van der Waals surface area (Å²) in [7, 11) is 0. The van der Waals surface area contributed by atoms with Gasteiger partial charge in [-0.1, -0.05) is 12.1 Å². The third kappa shape index (κ3) is 4.34. The van der Waals surface area contributed by atoms with E-state index >= 15 is 0 Å². The number of hydrogen-bond acceptors (Lipinski definition) is 5. The van der Waals surface area contributed by atoms with E-state index in [0.29, 0.717) is 41.8 Å². The fraction of sp³-hybridized carbons (Fsp3) is 0.333. The van der Waals surface area contributed by atoms with Crippen molar-refractivity contribution in [1.82, 2.24) is 19.4 Å². The molecule has 4 rings (SSSR count). The van der Waals surface area contributed by atoms with Crippen molar-refractivity contribution in [1.29, 1.82) is 5.26 Å². The number of nitrogens with one attached hydrogen (secondary N) is 1. The van der Waals surface area contributed by atoms with Crippen LogP contribution in [0.4, 0.5) is 0 Å². The Labute approximate surface area is 185 Å². The molecule has 1 aliphatic heterocycles. The Bertz CT molecular complexity index is 1300. The highest BCUT2D eigenvalue weighted by molar-refractivity contribution is 5.97. The van der Waals surface area contributed by atoms with Gasteiger partial charge in [-0.2, -0.15) is 5.26 Å². The summed E-state index contributed by atoms with van der Waals surface area (Å²) in [5.41, 5.74) is 2.11. The van der Waals surface area contributed by atoms with Gasteiger partial charge in [-0.15, -0.1) is 0 Å². The van der Waals surface area contributed by atoms with E-state index in [-0.39, 0.29) is 5.91 Å². The summed E-state index contributed by atoms with van der Waals surface area (Å²) in [5.74, 6) is -0.0813. The number of nitrogens with zero attached hydrogens (tertiary/aromatic N) is 4. The van der Waals surface area contributed by atoms with Crippen LogP contribution in [-0.4, -0.2) is 51.4 Å². The number of rotatable bonds is 4. The topological polar surface area (TPSA) is 102 Å². The molecule has 2 aromatic carbocycles. The number of carbonyl (C=O) groups excluding carboxylic acids is 1. The molecule has 8 nitrogen and oxygen atoms in total. The van der Waals surface area contributed by atoms with Crippen LogP contribution >= 0.6 is 0 Å². The van der Waals surface area contributed by atoms with E-state index in [2.05, 4.69) is 16.0 Å². The van der Waals surface area contributed by atoms with Crippen LogP contribution in [0.25, 0.3) is 11.0 Å². The monoisotopic (exact) mass is 431 g/mol. The summed E-state index contributed by atoms with van der Waals surface area (Å²) >= 11 is 0. The highest BCUT2D eigenvalue weighted by atomic mass is 16.2. The Kier molecular flexibility index (Phi) is 6.19. The summed E-state index contributed by atoms with van der Waals surface area (Å²) in [6.07, 6.45) is 0.863. The molecule has 1 saturated heterocycles. The lowest BCUT2D eigenvalue weighted by Crippen LogP contribution is -2.36. The number of benzene rings is 2. The summed E-state index contributed by atoms with van der Waals surface area (Å²) in [6, 6.07) is 14.8. The number of nitriles is 1. The van der Waals surface area contributed by atoms with Crippen molar-refractivity contribution >= 4 is 16.9 Å². The fourth-order valence-electron chi connectivity index (χ4n) is 4.18. The number of carbonyl (C=O) groups is 1. The predicted molar refractivity (Wildman–Crippen MR) is 121 cm³/mol. The predicted octanol–water partition coefficient (Wildman–Crippen LogP) is 1.93. The summed E-state index contributed by atoms with van der Waals surface area (Å²) in [6.45, 7) is 5.88. The smallest absolute Gasteiger partial charge is 0.316 e. The number of amides is 1. The fourth-order valence-corrected chi connectivity index (χ4v) is 4.18. The van der Waals surface area contributed by atoms with E-state index < -0.39 is 11.1 Å². The molecule has 3 aromatic rings. The molecule has 0 aliphatic carbocycles. The molecule has 2 heterocycles. The Morgan fingerprint density at radius 3 is 2.56 bits per heavy atom. The van der Waals surface area contributed by atoms with Gasteiger partial charge in [0.15, 0.2) is 0 Å². The molecule has 0 radical (unpaired) electrons. The van der Waals surface area contributed by atoms with Gasteiger partial charge in [0.2, 0.25) is 0 Å². The highest BCUT2D eigenvalue weighted by Gasteiger charge is 2.21. The molecule has 0 saturated carbocycles. The molecule has 1 fully saturated rings. The van der Waals surface area contributed by atoms with Gasteiger partial charge < -0.3 is 14.5 Å². The van der Waals surface area contributed by atoms with Crippen molar-refractivity contribution in [3.8, 4) is 6.07 Å². The van der Waals surface area contributed by atoms with Crippen LogP contribution in [0.3, 0.4) is 0 Å². The minimum Gasteiger partial charge on any atom is -0.337 e. The molecule has 1 N–H and O–H groups in total. The molecular formula is C24H25N5O3. The second-order valence-electron chi connectivity index (χ2n) is 7.97. The summed E-state index contributed by atoms with van der Waals surface area (Å²) in [5, 5.41) is 8.94. The number of aromatic amines is 1. The molecule has 1 amide bonds. The first kappa shape index (κ1) is 21.5. The molecule has 0 unspecified atom stereocenters. The van der Waals surface area contributed by atoms with Gasteiger partial charge in [0.05, 0.1) is 22.7 Å². The van der Waals surface area contributed by atoms with E-state index in [1.165, 1.54) is 4.57 Å². The zero-order valence-corrected chi connectivity index (χ0v) is 18.0. The third-order valence-electron chi connectivity index (χ3n) is 5.90. The third-order valence-corrected chi connectivity index (χ3v) is 5.90. The first-order valence-electron chi connectivity index (χ1n) is 10.8. The molecule has 0 atom stereocenters. The van der Waals surface area contributed by atoms with E-state index in [4.69, 9.17) is 5.26 Å². The SMILES string of the molecule is CCn1c(=O)c(=O)[nH]c2cc(C(=O)N3CCCN(Cc4ccc(C#N)cc4)CC3)ccc21. The Morgan fingerprint density at radius 2 is 1.84 bits per heavy atom. The molecule has 8 heteroatoms. The van der Waals surface area contributed by atoms with Crippen LogP contribution in [0.5, 0.6) is 0 Å². The molecule has 1 aliphatic rings. The quantitative estimate of drug-likeness (QED) is 0.636. The van der Waals surface area contributed by atoms with Crippen molar-refractivity contribution in [2.24, 2.45) is 0 Å².